The van der Waals surface area contributed by atoms with E-state index in [0.29, 0.717) is 0 Å². The molecule has 0 atom stereocenters. The minimum absolute atomic E-state index is 0.935. The summed E-state index contributed by atoms with van der Waals surface area (Å²) < 4.78 is 0. The van der Waals surface area contributed by atoms with Crippen LogP contribution in [0.4, 0.5) is 5.69 Å². The lowest BCUT2D eigenvalue weighted by atomic mass is 10.1. The summed E-state index contributed by atoms with van der Waals surface area (Å²) in [5.74, 6) is 6.34. The summed E-state index contributed by atoms with van der Waals surface area (Å²) in [5.41, 5.74) is 4.02. The number of hydrogen-bond donors (Lipinski definition) is 0. The number of hydrogen-bond acceptors (Lipinski definition) is 1. The second kappa shape index (κ2) is 3.67. The Balaban J connectivity index is 2.24. The maximum atomic E-state index is 4.46. The van der Waals surface area contributed by atoms with Crippen LogP contribution in [0.2, 0.25) is 0 Å². The van der Waals surface area contributed by atoms with Gasteiger partial charge in [0.25, 0.3) is 0 Å². The van der Waals surface area contributed by atoms with Gasteiger partial charge in [0.2, 0.25) is 0 Å². The summed E-state index contributed by atoms with van der Waals surface area (Å²) in [6.07, 6.45) is 1.88. The molecule has 0 spiro atoms. The molecule has 0 aromatic heterocycles. The summed E-state index contributed by atoms with van der Waals surface area (Å²) in [5, 5.41) is 0. The summed E-state index contributed by atoms with van der Waals surface area (Å²) in [4.78, 5) is 4.46. The van der Waals surface area contributed by atoms with Crippen molar-refractivity contribution in [3.05, 3.63) is 65.2 Å². The van der Waals surface area contributed by atoms with Gasteiger partial charge in [-0.15, -0.1) is 0 Å². The van der Waals surface area contributed by atoms with Gasteiger partial charge in [0.05, 0.1) is 11.3 Å². The van der Waals surface area contributed by atoms with E-state index in [1.165, 1.54) is 0 Å². The molecule has 0 radical (unpaired) electrons. The van der Waals surface area contributed by atoms with Crippen molar-refractivity contribution in [1.82, 2.24) is 0 Å². The fraction of sp³-hybridized carbons (Fsp3) is 0. The van der Waals surface area contributed by atoms with Gasteiger partial charge in [-0.3, -0.25) is 4.99 Å². The number of nitrogens with zero attached hydrogens (tertiary/aromatic N) is 1. The first-order chi connectivity index (χ1) is 7.93. The highest BCUT2D eigenvalue weighted by molar-refractivity contribution is 5.87. The van der Waals surface area contributed by atoms with E-state index in [-0.39, 0.29) is 0 Å². The van der Waals surface area contributed by atoms with Crippen LogP contribution in [0.5, 0.6) is 0 Å². The zero-order valence-electron chi connectivity index (χ0n) is 8.64. The zero-order chi connectivity index (χ0) is 10.8. The first-order valence-electron chi connectivity index (χ1n) is 5.18. The molecule has 0 unspecified atom stereocenters. The average molecular weight is 203 g/mol. The fourth-order valence-corrected chi connectivity index (χ4v) is 1.69. The number of rotatable bonds is 0. The Morgan fingerprint density at radius 1 is 0.750 bits per heavy atom. The molecular formula is C15H9N. The van der Waals surface area contributed by atoms with Crippen LogP contribution in [-0.4, -0.2) is 6.21 Å². The molecule has 1 aliphatic heterocycles. The smallest absolute Gasteiger partial charge is 0.0786 e. The fourth-order valence-electron chi connectivity index (χ4n) is 1.69. The topological polar surface area (TPSA) is 12.4 Å². The van der Waals surface area contributed by atoms with Crippen molar-refractivity contribution in [2.45, 2.75) is 0 Å². The molecule has 1 aliphatic rings. The van der Waals surface area contributed by atoms with Crippen LogP contribution in [0.3, 0.4) is 0 Å². The number of para-hydroxylation sites is 1. The van der Waals surface area contributed by atoms with Gasteiger partial charge < -0.3 is 0 Å². The molecule has 0 bridgehead atoms. The van der Waals surface area contributed by atoms with Crippen molar-refractivity contribution in [1.29, 1.82) is 0 Å². The van der Waals surface area contributed by atoms with Gasteiger partial charge in [-0.2, -0.15) is 0 Å². The van der Waals surface area contributed by atoms with Crippen molar-refractivity contribution in [3.63, 3.8) is 0 Å². The van der Waals surface area contributed by atoms with E-state index in [4.69, 9.17) is 0 Å². The number of fused-ring (bicyclic) bond motifs is 2. The first kappa shape index (κ1) is 8.94. The Labute approximate surface area is 94.5 Å². The van der Waals surface area contributed by atoms with Crippen molar-refractivity contribution in [2.24, 2.45) is 4.99 Å². The summed E-state index contributed by atoms with van der Waals surface area (Å²) in [6, 6.07) is 16.0. The van der Waals surface area contributed by atoms with E-state index in [0.717, 1.165) is 22.4 Å². The molecule has 0 saturated heterocycles. The van der Waals surface area contributed by atoms with Crippen LogP contribution in [0.15, 0.2) is 53.5 Å². The molecular weight excluding hydrogens is 194 g/mol. The van der Waals surface area contributed by atoms with Crippen LogP contribution in [0.1, 0.15) is 16.7 Å². The largest absolute Gasteiger partial charge is 0.255 e. The second-order valence-electron chi connectivity index (χ2n) is 3.61. The molecule has 1 heteroatoms. The third kappa shape index (κ3) is 1.51. The van der Waals surface area contributed by atoms with E-state index in [2.05, 4.69) is 16.8 Å². The van der Waals surface area contributed by atoms with Crippen LogP contribution in [-0.2, 0) is 0 Å². The van der Waals surface area contributed by atoms with E-state index >= 15 is 0 Å². The molecule has 2 aromatic rings. The Bertz CT molecular complexity index is 574. The third-order valence-electron chi connectivity index (χ3n) is 2.54. The Morgan fingerprint density at radius 2 is 1.44 bits per heavy atom. The van der Waals surface area contributed by atoms with Gasteiger partial charge in [-0.05, 0) is 18.2 Å². The van der Waals surface area contributed by atoms with Crippen LogP contribution >= 0.6 is 0 Å². The van der Waals surface area contributed by atoms with E-state index in [9.17, 15) is 0 Å². The number of aliphatic imine (C=N–C) groups is 1. The summed E-state index contributed by atoms with van der Waals surface area (Å²) in [6.45, 7) is 0. The molecule has 2 aromatic carbocycles. The van der Waals surface area contributed by atoms with Crippen LogP contribution in [0.25, 0.3) is 0 Å². The third-order valence-corrected chi connectivity index (χ3v) is 2.54. The molecule has 16 heavy (non-hydrogen) atoms. The highest BCUT2D eigenvalue weighted by Crippen LogP contribution is 2.19. The van der Waals surface area contributed by atoms with Gasteiger partial charge in [0.1, 0.15) is 0 Å². The molecule has 3 rings (SSSR count). The lowest BCUT2D eigenvalue weighted by molar-refractivity contribution is 1.48. The highest BCUT2D eigenvalue weighted by atomic mass is 14.7. The molecule has 0 aliphatic carbocycles. The molecule has 1 nitrogen and oxygen atoms in total. The summed E-state index contributed by atoms with van der Waals surface area (Å²) in [7, 11) is 0. The molecule has 74 valence electrons. The lowest BCUT2D eigenvalue weighted by Crippen LogP contribution is -1.90. The average Bonchev–Trinajstić information content (AvgIpc) is 2.32. The molecule has 0 saturated carbocycles. The molecule has 0 N–H and O–H groups in total. The Morgan fingerprint density at radius 3 is 2.38 bits per heavy atom. The first-order valence-corrected chi connectivity index (χ1v) is 5.18. The minimum Gasteiger partial charge on any atom is -0.255 e. The van der Waals surface area contributed by atoms with Crippen molar-refractivity contribution >= 4 is 11.9 Å². The summed E-state index contributed by atoms with van der Waals surface area (Å²) >= 11 is 0. The van der Waals surface area contributed by atoms with Crippen LogP contribution < -0.4 is 0 Å². The predicted octanol–water partition coefficient (Wildman–Crippen LogP) is 3.15. The quantitative estimate of drug-likeness (QED) is 0.498. The minimum atomic E-state index is 0.935. The molecule has 1 heterocycles. The van der Waals surface area contributed by atoms with Gasteiger partial charge in [0, 0.05) is 17.3 Å². The number of benzene rings is 2. The van der Waals surface area contributed by atoms with Gasteiger partial charge in [0.15, 0.2) is 0 Å². The maximum Gasteiger partial charge on any atom is 0.0786 e. The van der Waals surface area contributed by atoms with Crippen molar-refractivity contribution in [3.8, 4) is 11.8 Å². The lowest BCUT2D eigenvalue weighted by Gasteiger charge is -2.03. The van der Waals surface area contributed by atoms with E-state index in [1.807, 2.05) is 54.7 Å². The second-order valence-corrected chi connectivity index (χ2v) is 3.61. The van der Waals surface area contributed by atoms with E-state index in [1.54, 1.807) is 0 Å². The van der Waals surface area contributed by atoms with Crippen molar-refractivity contribution < 1.29 is 0 Å². The monoisotopic (exact) mass is 203 g/mol. The SMILES string of the molecule is C1#Cc2ccccc2N=Cc2ccccc21. The molecule has 0 amide bonds. The normalized spacial score (nSPS) is 11.5. The zero-order valence-corrected chi connectivity index (χ0v) is 8.64. The Kier molecular flexibility index (Phi) is 2.05. The maximum absolute atomic E-state index is 4.46. The highest BCUT2D eigenvalue weighted by Gasteiger charge is 2.01. The van der Waals surface area contributed by atoms with Crippen molar-refractivity contribution in [2.75, 3.05) is 0 Å². The van der Waals surface area contributed by atoms with E-state index < -0.39 is 0 Å². The van der Waals surface area contributed by atoms with Gasteiger partial charge in [-0.1, -0.05) is 42.2 Å². The Hall–Kier alpha value is -2.33. The van der Waals surface area contributed by atoms with Crippen LogP contribution in [0, 0.1) is 11.8 Å². The standard InChI is InChI=1S/C15H9N/c1-2-7-14-11-16-15-8-4-3-6-13(15)10-9-12(14)5-1/h1-8,11H. The van der Waals surface area contributed by atoms with Gasteiger partial charge >= 0.3 is 0 Å². The molecule has 0 fully saturated rings. The van der Waals surface area contributed by atoms with Gasteiger partial charge in [-0.25, -0.2) is 0 Å². The predicted molar refractivity (Wildman–Crippen MR) is 66.1 cm³/mol.